The Hall–Kier alpha value is -3.88. The van der Waals surface area contributed by atoms with Crippen molar-refractivity contribution in [2.45, 2.75) is 38.1 Å². The number of alkyl halides is 3. The van der Waals surface area contributed by atoms with E-state index in [2.05, 4.69) is 10.2 Å². The number of fused-ring (bicyclic) bond motifs is 1. The van der Waals surface area contributed by atoms with Crippen LogP contribution in [0.15, 0.2) is 30.4 Å². The molecule has 3 rings (SSSR count). The van der Waals surface area contributed by atoms with Crippen molar-refractivity contribution in [3.05, 3.63) is 59.2 Å². The third-order valence-corrected chi connectivity index (χ3v) is 4.65. The van der Waals surface area contributed by atoms with Crippen LogP contribution in [0.2, 0.25) is 0 Å². The normalized spacial score (nSPS) is 14.2. The van der Waals surface area contributed by atoms with Crippen LogP contribution in [0.1, 0.15) is 23.6 Å². The molecule has 0 fully saturated rings. The molecule has 1 aliphatic heterocycles. The molecule has 1 aromatic heterocycles. The van der Waals surface area contributed by atoms with E-state index in [-0.39, 0.29) is 43.9 Å². The first-order valence-electron chi connectivity index (χ1n) is 9.88. The predicted molar refractivity (Wildman–Crippen MR) is 108 cm³/mol. The summed E-state index contributed by atoms with van der Waals surface area (Å²) in [5, 5.41) is 22.3. The van der Waals surface area contributed by atoms with Gasteiger partial charge >= 0.3 is 18.1 Å². The average molecular weight is 505 g/mol. The van der Waals surface area contributed by atoms with Gasteiger partial charge in [0.2, 0.25) is 11.7 Å². The Morgan fingerprint density at radius 3 is 2.29 bits per heavy atom. The zero-order valence-electron chi connectivity index (χ0n) is 17.9. The van der Waals surface area contributed by atoms with E-state index in [9.17, 15) is 36.3 Å². The van der Waals surface area contributed by atoms with E-state index in [4.69, 9.17) is 15.9 Å². The number of carboxylic acids is 2. The molecule has 0 spiro atoms. The van der Waals surface area contributed by atoms with Crippen molar-refractivity contribution >= 4 is 17.8 Å². The molecule has 0 saturated carbocycles. The largest absolute Gasteiger partial charge is 0.478 e. The number of hydrogen-bond donors (Lipinski definition) is 3. The first-order chi connectivity index (χ1) is 16.3. The van der Waals surface area contributed by atoms with E-state index in [0.29, 0.717) is 12.2 Å². The van der Waals surface area contributed by atoms with Crippen molar-refractivity contribution in [2.75, 3.05) is 6.54 Å². The van der Waals surface area contributed by atoms with E-state index in [1.165, 1.54) is 4.90 Å². The van der Waals surface area contributed by atoms with Crippen LogP contribution in [-0.2, 0) is 40.1 Å². The van der Waals surface area contributed by atoms with Gasteiger partial charge in [-0.05, 0) is 30.2 Å². The topological polar surface area (TPSA) is 152 Å². The number of hydrogen-bond acceptors (Lipinski definition) is 6. The van der Waals surface area contributed by atoms with Crippen LogP contribution in [0.4, 0.5) is 22.0 Å². The lowest BCUT2D eigenvalue weighted by Crippen LogP contribution is -2.42. The number of carbonyl (C=O) groups excluding carboxylic acids is 1. The van der Waals surface area contributed by atoms with Gasteiger partial charge < -0.3 is 25.4 Å². The number of nitrogens with two attached hydrogens (primary N) is 1. The van der Waals surface area contributed by atoms with Gasteiger partial charge in [-0.2, -0.15) is 13.2 Å². The highest BCUT2D eigenvalue weighted by Crippen LogP contribution is 2.29. The lowest BCUT2D eigenvalue weighted by atomic mass is 10.0. The fraction of sp³-hybridized carbons (Fsp3) is 0.350. The molecule has 2 aromatic rings. The quantitative estimate of drug-likeness (QED) is 0.396. The molecule has 1 aromatic carbocycles. The zero-order chi connectivity index (χ0) is 26.3. The fourth-order valence-electron chi connectivity index (χ4n) is 3.13. The molecular weight excluding hydrogens is 485 g/mol. The SMILES string of the molecule is N[C@@H](CC(=O)N1CCn2c(nnc2C(F)(F)F)C1)Cc1cc(F)ccc1F.O=C(O)/C=C/C(=O)O. The van der Waals surface area contributed by atoms with Crippen molar-refractivity contribution in [1.82, 2.24) is 19.7 Å². The second-order valence-corrected chi connectivity index (χ2v) is 7.32. The fourth-order valence-corrected chi connectivity index (χ4v) is 3.13. The molecule has 1 amide bonds. The summed E-state index contributed by atoms with van der Waals surface area (Å²) in [6.07, 6.45) is -3.70. The first-order valence-corrected chi connectivity index (χ1v) is 9.88. The second kappa shape index (κ2) is 11.5. The van der Waals surface area contributed by atoms with Gasteiger partial charge in [0.1, 0.15) is 11.6 Å². The Morgan fingerprint density at radius 1 is 1.09 bits per heavy atom. The molecule has 0 radical (unpaired) electrons. The Bertz CT molecular complexity index is 1100. The molecule has 190 valence electrons. The van der Waals surface area contributed by atoms with Gasteiger partial charge in [-0.1, -0.05) is 0 Å². The van der Waals surface area contributed by atoms with Crippen LogP contribution < -0.4 is 5.73 Å². The number of carbonyl (C=O) groups is 3. The van der Waals surface area contributed by atoms with Crippen molar-refractivity contribution in [2.24, 2.45) is 5.73 Å². The molecule has 4 N–H and O–H groups in total. The number of benzene rings is 1. The highest BCUT2D eigenvalue weighted by atomic mass is 19.4. The molecule has 0 aliphatic carbocycles. The van der Waals surface area contributed by atoms with E-state index >= 15 is 0 Å². The number of rotatable bonds is 6. The smallest absolute Gasteiger partial charge is 0.451 e. The van der Waals surface area contributed by atoms with Gasteiger partial charge in [-0.3, -0.25) is 4.79 Å². The summed E-state index contributed by atoms with van der Waals surface area (Å²) < 4.78 is 66.3. The Kier molecular flexibility index (Phi) is 8.99. The standard InChI is InChI=1S/C16H16F5N5O.C4H4O4/c17-10-1-2-12(18)9(5-10)6-11(22)7-14(27)25-3-4-26-13(8-25)23-24-15(26)16(19,20)21;5-3(6)1-2-4(7)8/h1-2,5,11H,3-4,6-8,22H2;1-2H,(H,5,6)(H,7,8)/b;2-1+/t11-;/m1./s1. The van der Waals surface area contributed by atoms with Crippen molar-refractivity contribution < 1.29 is 46.5 Å². The monoisotopic (exact) mass is 505 g/mol. The summed E-state index contributed by atoms with van der Waals surface area (Å²) in [4.78, 5) is 32.8. The summed E-state index contributed by atoms with van der Waals surface area (Å²) in [5.41, 5.74) is 5.93. The van der Waals surface area contributed by atoms with Gasteiger partial charge in [-0.15, -0.1) is 10.2 Å². The van der Waals surface area contributed by atoms with Crippen LogP contribution in [0, 0.1) is 11.6 Å². The molecule has 15 heteroatoms. The second-order valence-electron chi connectivity index (χ2n) is 7.32. The van der Waals surface area contributed by atoms with Gasteiger partial charge in [0.15, 0.2) is 5.82 Å². The predicted octanol–water partition coefficient (Wildman–Crippen LogP) is 1.59. The average Bonchev–Trinajstić information content (AvgIpc) is 3.19. The molecule has 10 nitrogen and oxygen atoms in total. The maximum absolute atomic E-state index is 13.7. The molecule has 1 aliphatic rings. The van der Waals surface area contributed by atoms with Crippen LogP contribution in [-0.4, -0.2) is 60.3 Å². The van der Waals surface area contributed by atoms with Crippen LogP contribution in [0.25, 0.3) is 0 Å². The summed E-state index contributed by atoms with van der Waals surface area (Å²) in [5.74, 6) is -5.21. The highest BCUT2D eigenvalue weighted by molar-refractivity contribution is 5.89. The minimum absolute atomic E-state index is 0.0340. The Morgan fingerprint density at radius 2 is 1.71 bits per heavy atom. The lowest BCUT2D eigenvalue weighted by molar-refractivity contribution is -0.148. The highest BCUT2D eigenvalue weighted by Gasteiger charge is 2.39. The minimum atomic E-state index is -4.62. The number of amides is 1. The first kappa shape index (κ1) is 27.4. The van der Waals surface area contributed by atoms with Crippen molar-refractivity contribution in [3.8, 4) is 0 Å². The number of nitrogens with zero attached hydrogens (tertiary/aromatic N) is 4. The molecule has 0 unspecified atom stereocenters. The molecule has 2 heterocycles. The third kappa shape index (κ3) is 8.13. The number of aliphatic carboxylic acids is 2. The third-order valence-electron chi connectivity index (χ3n) is 4.65. The summed E-state index contributed by atoms with van der Waals surface area (Å²) in [7, 11) is 0. The number of halogens is 5. The maximum atomic E-state index is 13.7. The van der Waals surface area contributed by atoms with Gasteiger partial charge in [0.25, 0.3) is 0 Å². The van der Waals surface area contributed by atoms with E-state index in [0.717, 1.165) is 22.8 Å². The zero-order valence-corrected chi connectivity index (χ0v) is 17.9. The Labute approximate surface area is 194 Å². The van der Waals surface area contributed by atoms with Gasteiger partial charge in [0, 0.05) is 37.7 Å². The molecule has 35 heavy (non-hydrogen) atoms. The van der Waals surface area contributed by atoms with Crippen LogP contribution in [0.5, 0.6) is 0 Å². The van der Waals surface area contributed by atoms with Gasteiger partial charge in [-0.25, -0.2) is 18.4 Å². The Balaban J connectivity index is 0.000000466. The van der Waals surface area contributed by atoms with Gasteiger partial charge in [0.05, 0.1) is 6.54 Å². The summed E-state index contributed by atoms with van der Waals surface area (Å²) >= 11 is 0. The number of carboxylic acid groups (broad SMARTS) is 2. The lowest BCUT2D eigenvalue weighted by Gasteiger charge is -2.29. The molecule has 0 bridgehead atoms. The van der Waals surface area contributed by atoms with E-state index in [1.54, 1.807) is 0 Å². The maximum Gasteiger partial charge on any atom is 0.451 e. The van der Waals surface area contributed by atoms with E-state index < -0.39 is 47.5 Å². The van der Waals surface area contributed by atoms with Crippen molar-refractivity contribution in [1.29, 1.82) is 0 Å². The molecular formula is C20H20F5N5O5. The molecule has 0 saturated heterocycles. The number of aromatic nitrogens is 3. The minimum Gasteiger partial charge on any atom is -0.478 e. The van der Waals surface area contributed by atoms with Crippen LogP contribution >= 0.6 is 0 Å². The van der Waals surface area contributed by atoms with Crippen LogP contribution in [0.3, 0.4) is 0 Å². The van der Waals surface area contributed by atoms with Crippen molar-refractivity contribution in [3.63, 3.8) is 0 Å². The summed E-state index contributed by atoms with van der Waals surface area (Å²) in [6.45, 7) is -0.159. The van der Waals surface area contributed by atoms with E-state index in [1.807, 2.05) is 0 Å². The summed E-state index contributed by atoms with van der Waals surface area (Å²) in [6, 6.07) is 2.21. The molecule has 1 atom stereocenters.